The number of aldehydes is 1. The molecule has 41 heavy (non-hydrogen) atoms. The number of esters is 1. The normalized spacial score (nSPS) is 18.9. The summed E-state index contributed by atoms with van der Waals surface area (Å²) in [6.45, 7) is 14.6. The highest BCUT2D eigenvalue weighted by Gasteiger charge is 2.29. The van der Waals surface area contributed by atoms with Crippen molar-refractivity contribution in [2.75, 3.05) is 40.5 Å². The Hall–Kier alpha value is -3.22. The number of hydrogen-bond acceptors (Lipinski definition) is 5. The van der Waals surface area contributed by atoms with Crippen LogP contribution in [0.4, 0.5) is 0 Å². The molecule has 1 aromatic heterocycles. The van der Waals surface area contributed by atoms with E-state index in [4.69, 9.17) is 9.47 Å². The Morgan fingerprint density at radius 2 is 1.95 bits per heavy atom. The lowest BCUT2D eigenvalue weighted by molar-refractivity contribution is -0.105. The molecule has 1 atom stereocenters. The minimum absolute atomic E-state index is 0.0107. The molecule has 2 aromatic rings. The van der Waals surface area contributed by atoms with Gasteiger partial charge in [0, 0.05) is 41.2 Å². The molecule has 0 saturated heterocycles. The van der Waals surface area contributed by atoms with Crippen molar-refractivity contribution in [3.8, 4) is 0 Å². The second-order valence-corrected chi connectivity index (χ2v) is 10.8. The Morgan fingerprint density at radius 1 is 1.20 bits per heavy atom. The third kappa shape index (κ3) is 8.17. The van der Waals surface area contributed by atoms with Crippen LogP contribution in [0.25, 0.3) is 10.9 Å². The summed E-state index contributed by atoms with van der Waals surface area (Å²) in [6.07, 6.45) is 17.2. The van der Waals surface area contributed by atoms with E-state index in [2.05, 4.69) is 42.2 Å². The summed E-state index contributed by atoms with van der Waals surface area (Å²) >= 11 is 0. The standard InChI is InChI=1S/C28H31NO3.C7H17NO/c1-4-9-19-14-20(18-30)17-29-25-16-23(28(31)32-3)12-13-24(25)26(22-10-7-6-8-11-22)27(29)21(5-2)15-19;1-4-8(3)6-7-9-5-2/h4-5,9,12-16,18,21-22H,2,6-8,10-11,17H2,1,3H3;4-7H2,1-3H3/b9-4-,19-15?,20-14+;. The predicted molar refractivity (Wildman–Crippen MR) is 169 cm³/mol. The number of rotatable bonds is 10. The zero-order valence-electron chi connectivity index (χ0n) is 25.7. The topological polar surface area (TPSA) is 60.8 Å². The minimum atomic E-state index is -0.353. The molecule has 0 radical (unpaired) electrons. The average molecular weight is 561 g/mol. The van der Waals surface area contributed by atoms with E-state index < -0.39 is 0 Å². The van der Waals surface area contributed by atoms with Crippen LogP contribution in [-0.2, 0) is 20.8 Å². The molecule has 0 amide bonds. The highest BCUT2D eigenvalue weighted by molar-refractivity contribution is 5.96. The van der Waals surface area contributed by atoms with Crippen LogP contribution in [0.2, 0.25) is 0 Å². The molecule has 1 fully saturated rings. The van der Waals surface area contributed by atoms with E-state index >= 15 is 0 Å². The van der Waals surface area contributed by atoms with Gasteiger partial charge in [-0.1, -0.05) is 56.6 Å². The largest absolute Gasteiger partial charge is 0.465 e. The molecule has 1 unspecified atom stereocenters. The average Bonchev–Trinajstić information content (AvgIpc) is 3.31. The highest BCUT2D eigenvalue weighted by atomic mass is 16.5. The van der Waals surface area contributed by atoms with E-state index in [0.29, 0.717) is 23.6 Å². The lowest BCUT2D eigenvalue weighted by Gasteiger charge is -2.26. The summed E-state index contributed by atoms with van der Waals surface area (Å²) in [6, 6.07) is 5.83. The van der Waals surface area contributed by atoms with Gasteiger partial charge in [-0.3, -0.25) is 4.79 Å². The number of methoxy groups -OCH3 is 1. The second-order valence-electron chi connectivity index (χ2n) is 10.8. The highest BCUT2D eigenvalue weighted by Crippen LogP contribution is 2.44. The van der Waals surface area contributed by atoms with Gasteiger partial charge in [-0.2, -0.15) is 0 Å². The molecule has 0 bridgehead atoms. The summed E-state index contributed by atoms with van der Waals surface area (Å²) in [5, 5.41) is 1.17. The summed E-state index contributed by atoms with van der Waals surface area (Å²) in [4.78, 5) is 26.5. The van der Waals surface area contributed by atoms with E-state index in [1.165, 1.54) is 43.0 Å². The molecule has 1 aromatic carbocycles. The molecule has 6 heteroatoms. The van der Waals surface area contributed by atoms with Gasteiger partial charge in [0.25, 0.3) is 0 Å². The molecular formula is C35H48N2O4. The van der Waals surface area contributed by atoms with Crippen molar-refractivity contribution >= 4 is 23.2 Å². The van der Waals surface area contributed by atoms with Crippen molar-refractivity contribution in [3.63, 3.8) is 0 Å². The van der Waals surface area contributed by atoms with Crippen LogP contribution in [-0.4, -0.2) is 62.2 Å². The van der Waals surface area contributed by atoms with Crippen molar-refractivity contribution in [2.45, 2.75) is 71.3 Å². The molecule has 0 spiro atoms. The Balaban J connectivity index is 0.000000445. The van der Waals surface area contributed by atoms with Gasteiger partial charge in [0.1, 0.15) is 6.29 Å². The molecule has 4 rings (SSSR count). The quantitative estimate of drug-likeness (QED) is 0.131. The number of fused-ring (bicyclic) bond motifs is 3. The number of ether oxygens (including phenoxy) is 2. The third-order valence-corrected chi connectivity index (χ3v) is 8.09. The summed E-state index contributed by atoms with van der Waals surface area (Å²) in [5.41, 5.74) is 5.76. The van der Waals surface area contributed by atoms with Crippen LogP contribution in [0, 0.1) is 0 Å². The van der Waals surface area contributed by atoms with Crippen molar-refractivity contribution in [1.29, 1.82) is 0 Å². The second kappa shape index (κ2) is 16.3. The number of benzene rings is 1. The fourth-order valence-electron chi connectivity index (χ4n) is 5.84. The number of nitrogens with zero attached hydrogens (tertiary/aromatic N) is 2. The number of carbonyl (C=O) groups is 2. The van der Waals surface area contributed by atoms with Crippen LogP contribution in [0.1, 0.15) is 86.3 Å². The van der Waals surface area contributed by atoms with Gasteiger partial charge >= 0.3 is 5.97 Å². The lowest BCUT2D eigenvalue weighted by atomic mass is 9.80. The van der Waals surface area contributed by atoms with Gasteiger partial charge in [0.2, 0.25) is 0 Å². The Bertz CT molecular complexity index is 1280. The summed E-state index contributed by atoms with van der Waals surface area (Å²) in [5.74, 6) is 0.126. The first-order chi connectivity index (χ1) is 19.9. The van der Waals surface area contributed by atoms with Gasteiger partial charge in [0.05, 0.1) is 25.8 Å². The first-order valence-corrected chi connectivity index (χ1v) is 15.1. The molecule has 1 aliphatic heterocycles. The molecule has 6 nitrogen and oxygen atoms in total. The monoisotopic (exact) mass is 560 g/mol. The molecule has 0 N–H and O–H groups in total. The predicted octanol–water partition coefficient (Wildman–Crippen LogP) is 7.36. The van der Waals surface area contributed by atoms with Crippen molar-refractivity contribution in [2.24, 2.45) is 0 Å². The fourth-order valence-corrected chi connectivity index (χ4v) is 5.84. The SMILES string of the molecule is C=CC1C=C(/C=C\C)/C=C(/C=O)Cn2c1c(C1CCCCC1)c1ccc(C(=O)OC)cc12.CCOCCN(C)CC. The zero-order chi connectivity index (χ0) is 29.8. The molecular weight excluding hydrogens is 512 g/mol. The number of likely N-dealkylation sites (N-methyl/N-ethyl adjacent to an activating group) is 1. The molecule has 2 heterocycles. The number of hydrogen-bond donors (Lipinski definition) is 0. The maximum Gasteiger partial charge on any atom is 0.337 e. The van der Waals surface area contributed by atoms with Gasteiger partial charge in [-0.05, 0) is 75.5 Å². The van der Waals surface area contributed by atoms with Crippen LogP contribution in [0.3, 0.4) is 0 Å². The zero-order valence-corrected chi connectivity index (χ0v) is 25.7. The van der Waals surface area contributed by atoms with Crippen LogP contribution in [0.15, 0.2) is 66.3 Å². The van der Waals surface area contributed by atoms with Crippen molar-refractivity contribution in [3.05, 3.63) is 83.1 Å². The molecule has 1 saturated carbocycles. The van der Waals surface area contributed by atoms with E-state index in [9.17, 15) is 9.59 Å². The summed E-state index contributed by atoms with van der Waals surface area (Å²) < 4.78 is 12.4. The lowest BCUT2D eigenvalue weighted by Crippen LogP contribution is -2.22. The first-order valence-electron chi connectivity index (χ1n) is 15.1. The maximum atomic E-state index is 12.3. The Morgan fingerprint density at radius 3 is 2.56 bits per heavy atom. The first kappa shape index (κ1) is 32.3. The van der Waals surface area contributed by atoms with E-state index in [0.717, 1.165) is 56.5 Å². The van der Waals surface area contributed by atoms with E-state index in [1.807, 2.05) is 50.3 Å². The summed E-state index contributed by atoms with van der Waals surface area (Å²) in [7, 11) is 3.50. The fraction of sp³-hybridized carbons (Fsp3) is 0.486. The van der Waals surface area contributed by atoms with Crippen LogP contribution in [0.5, 0.6) is 0 Å². The third-order valence-electron chi connectivity index (χ3n) is 8.09. The van der Waals surface area contributed by atoms with Gasteiger partial charge in [-0.15, -0.1) is 6.58 Å². The molecule has 222 valence electrons. The minimum Gasteiger partial charge on any atom is -0.465 e. The number of allylic oxidation sites excluding steroid dienone is 7. The van der Waals surface area contributed by atoms with Crippen molar-refractivity contribution in [1.82, 2.24) is 9.47 Å². The maximum absolute atomic E-state index is 12.3. The number of aromatic nitrogens is 1. The van der Waals surface area contributed by atoms with Crippen molar-refractivity contribution < 1.29 is 19.1 Å². The molecule has 1 aliphatic carbocycles. The van der Waals surface area contributed by atoms with E-state index in [-0.39, 0.29) is 11.9 Å². The number of carbonyl (C=O) groups excluding carboxylic acids is 2. The van der Waals surface area contributed by atoms with Gasteiger partial charge in [0.15, 0.2) is 0 Å². The van der Waals surface area contributed by atoms with Gasteiger partial charge in [-0.25, -0.2) is 4.79 Å². The van der Waals surface area contributed by atoms with Crippen LogP contribution >= 0.6 is 0 Å². The van der Waals surface area contributed by atoms with Gasteiger partial charge < -0.3 is 18.9 Å². The van der Waals surface area contributed by atoms with Crippen LogP contribution < -0.4 is 0 Å². The molecule has 2 aliphatic rings. The Kier molecular flexibility index (Phi) is 12.8. The van der Waals surface area contributed by atoms with E-state index in [1.54, 1.807) is 0 Å². The Labute approximate surface area is 246 Å². The smallest absolute Gasteiger partial charge is 0.337 e.